The predicted molar refractivity (Wildman–Crippen MR) is 72.6 cm³/mol. The summed E-state index contributed by atoms with van der Waals surface area (Å²) in [5, 5.41) is 3.27. The van der Waals surface area contributed by atoms with E-state index in [1.54, 1.807) is 4.31 Å². The molecule has 0 aromatic rings. The Morgan fingerprint density at radius 2 is 1.61 bits per heavy atom. The van der Waals surface area contributed by atoms with Gasteiger partial charge in [-0.1, -0.05) is 12.8 Å². The van der Waals surface area contributed by atoms with Crippen molar-refractivity contribution in [2.24, 2.45) is 0 Å². The van der Waals surface area contributed by atoms with E-state index < -0.39 is 10.2 Å². The van der Waals surface area contributed by atoms with Crippen LogP contribution in [0.4, 0.5) is 0 Å². The van der Waals surface area contributed by atoms with Gasteiger partial charge in [0.1, 0.15) is 0 Å². The molecule has 0 aromatic carbocycles. The molecule has 0 aliphatic carbocycles. The fourth-order valence-corrected chi connectivity index (χ4v) is 4.43. The Labute approximate surface area is 110 Å². The molecule has 0 aromatic heterocycles. The molecule has 0 spiro atoms. The Bertz CT molecular complexity index is 356. The smallest absolute Gasteiger partial charge is 0.279 e. The maximum Gasteiger partial charge on any atom is 0.279 e. The van der Waals surface area contributed by atoms with Crippen LogP contribution in [-0.2, 0) is 10.2 Å². The van der Waals surface area contributed by atoms with E-state index in [1.165, 1.54) is 0 Å². The first-order valence-electron chi connectivity index (χ1n) is 7.02. The maximum atomic E-state index is 12.4. The molecule has 0 amide bonds. The molecule has 2 aliphatic heterocycles. The van der Waals surface area contributed by atoms with Crippen LogP contribution in [-0.4, -0.2) is 44.4 Å². The predicted octanol–water partition coefficient (Wildman–Crippen LogP) is 0.839. The fraction of sp³-hybridized carbons (Fsp3) is 1.00. The topological polar surface area (TPSA) is 61.4 Å². The van der Waals surface area contributed by atoms with E-state index in [0.29, 0.717) is 13.1 Å². The summed E-state index contributed by atoms with van der Waals surface area (Å²) in [4.78, 5) is 0. The van der Waals surface area contributed by atoms with Crippen LogP contribution in [0.3, 0.4) is 0 Å². The van der Waals surface area contributed by atoms with Crippen molar-refractivity contribution in [3.63, 3.8) is 0 Å². The summed E-state index contributed by atoms with van der Waals surface area (Å²) in [6.45, 7) is 5.13. The van der Waals surface area contributed by atoms with Crippen molar-refractivity contribution in [2.75, 3.05) is 26.2 Å². The quantitative estimate of drug-likeness (QED) is 0.802. The first kappa shape index (κ1) is 14.2. The number of piperidine rings is 1. The molecule has 0 bridgehead atoms. The molecular formula is C12H25N3O2S. The van der Waals surface area contributed by atoms with Crippen LogP contribution in [0.15, 0.2) is 0 Å². The van der Waals surface area contributed by atoms with Gasteiger partial charge in [-0.05, 0) is 45.7 Å². The lowest BCUT2D eigenvalue weighted by Gasteiger charge is -2.36. The minimum atomic E-state index is -3.31. The van der Waals surface area contributed by atoms with E-state index in [9.17, 15) is 8.42 Å². The second-order valence-corrected chi connectivity index (χ2v) is 7.40. The Hall–Kier alpha value is -0.170. The molecule has 0 unspecified atom stereocenters. The molecule has 0 saturated carbocycles. The molecule has 2 rings (SSSR count). The van der Waals surface area contributed by atoms with E-state index in [-0.39, 0.29) is 5.54 Å². The summed E-state index contributed by atoms with van der Waals surface area (Å²) in [5.41, 5.74) is -0.281. The third kappa shape index (κ3) is 3.66. The Morgan fingerprint density at radius 3 is 2.17 bits per heavy atom. The Balaban J connectivity index is 2.01. The van der Waals surface area contributed by atoms with Crippen LogP contribution in [0.25, 0.3) is 0 Å². The van der Waals surface area contributed by atoms with Gasteiger partial charge in [-0.3, -0.25) is 0 Å². The highest BCUT2D eigenvalue weighted by atomic mass is 32.2. The fourth-order valence-electron chi connectivity index (χ4n) is 2.74. The second-order valence-electron chi connectivity index (χ2n) is 5.73. The monoisotopic (exact) mass is 275 g/mol. The van der Waals surface area contributed by atoms with Crippen molar-refractivity contribution in [1.29, 1.82) is 0 Å². The van der Waals surface area contributed by atoms with Crippen LogP contribution in [0.2, 0.25) is 0 Å². The van der Waals surface area contributed by atoms with Gasteiger partial charge in [-0.25, -0.2) is 0 Å². The molecule has 106 valence electrons. The van der Waals surface area contributed by atoms with E-state index in [2.05, 4.69) is 10.0 Å². The normalized spacial score (nSPS) is 26.7. The zero-order valence-electron chi connectivity index (χ0n) is 11.2. The SMILES string of the molecule is CC1(NS(=O)(=O)N2CCCCCC2)CCNCC1. The summed E-state index contributed by atoms with van der Waals surface area (Å²) in [7, 11) is -3.31. The van der Waals surface area contributed by atoms with E-state index in [1.807, 2.05) is 6.92 Å². The highest BCUT2D eigenvalue weighted by Gasteiger charge is 2.34. The van der Waals surface area contributed by atoms with Crippen LogP contribution in [0, 0.1) is 0 Å². The average Bonchev–Trinajstić information content (AvgIpc) is 2.57. The van der Waals surface area contributed by atoms with Gasteiger partial charge in [0.15, 0.2) is 0 Å². The second kappa shape index (κ2) is 5.86. The highest BCUT2D eigenvalue weighted by molar-refractivity contribution is 7.87. The van der Waals surface area contributed by atoms with Gasteiger partial charge >= 0.3 is 0 Å². The van der Waals surface area contributed by atoms with Gasteiger partial charge < -0.3 is 5.32 Å². The van der Waals surface area contributed by atoms with Crippen molar-refractivity contribution in [3.8, 4) is 0 Å². The summed E-state index contributed by atoms with van der Waals surface area (Å²) in [6, 6.07) is 0. The zero-order chi connectivity index (χ0) is 13.1. The van der Waals surface area contributed by atoms with Gasteiger partial charge in [-0.2, -0.15) is 17.4 Å². The Kier molecular flexibility index (Phi) is 4.64. The molecule has 2 saturated heterocycles. The molecule has 2 aliphatic rings. The van der Waals surface area contributed by atoms with E-state index in [4.69, 9.17) is 0 Å². The lowest BCUT2D eigenvalue weighted by atomic mass is 9.92. The van der Waals surface area contributed by atoms with E-state index >= 15 is 0 Å². The molecule has 0 atom stereocenters. The van der Waals surface area contributed by atoms with Crippen molar-refractivity contribution < 1.29 is 8.42 Å². The lowest BCUT2D eigenvalue weighted by molar-refractivity contribution is 0.295. The van der Waals surface area contributed by atoms with Gasteiger partial charge in [0.25, 0.3) is 10.2 Å². The van der Waals surface area contributed by atoms with Crippen molar-refractivity contribution in [2.45, 2.75) is 51.0 Å². The summed E-state index contributed by atoms with van der Waals surface area (Å²) < 4.78 is 29.4. The van der Waals surface area contributed by atoms with Crippen LogP contribution in [0.1, 0.15) is 45.4 Å². The van der Waals surface area contributed by atoms with Gasteiger partial charge in [0, 0.05) is 18.6 Å². The van der Waals surface area contributed by atoms with Crippen molar-refractivity contribution >= 4 is 10.2 Å². The van der Waals surface area contributed by atoms with Crippen LogP contribution in [0.5, 0.6) is 0 Å². The van der Waals surface area contributed by atoms with Crippen molar-refractivity contribution in [3.05, 3.63) is 0 Å². The molecule has 18 heavy (non-hydrogen) atoms. The largest absolute Gasteiger partial charge is 0.317 e. The van der Waals surface area contributed by atoms with Crippen LogP contribution >= 0.6 is 0 Å². The summed E-state index contributed by atoms with van der Waals surface area (Å²) in [6.07, 6.45) is 5.99. The molecule has 5 nitrogen and oxygen atoms in total. The first-order valence-corrected chi connectivity index (χ1v) is 8.46. The third-order valence-corrected chi connectivity index (χ3v) is 5.78. The minimum Gasteiger partial charge on any atom is -0.317 e. The molecule has 2 fully saturated rings. The highest BCUT2D eigenvalue weighted by Crippen LogP contribution is 2.20. The van der Waals surface area contributed by atoms with Crippen molar-refractivity contribution in [1.82, 2.24) is 14.3 Å². The maximum absolute atomic E-state index is 12.4. The van der Waals surface area contributed by atoms with Crippen LogP contribution < -0.4 is 10.0 Å². The van der Waals surface area contributed by atoms with Gasteiger partial charge in [0.2, 0.25) is 0 Å². The third-order valence-electron chi connectivity index (χ3n) is 3.99. The molecule has 2 heterocycles. The zero-order valence-corrected chi connectivity index (χ0v) is 12.1. The average molecular weight is 275 g/mol. The molecule has 2 N–H and O–H groups in total. The standard InChI is InChI=1S/C12H25N3O2S/c1-12(6-8-13-9-7-12)14-18(16,17)15-10-4-2-3-5-11-15/h13-14H,2-11H2,1H3. The number of nitrogens with one attached hydrogen (secondary N) is 2. The number of hydrogen-bond acceptors (Lipinski definition) is 3. The lowest BCUT2D eigenvalue weighted by Crippen LogP contribution is -2.56. The minimum absolute atomic E-state index is 0.281. The Morgan fingerprint density at radius 1 is 1.06 bits per heavy atom. The summed E-state index contributed by atoms with van der Waals surface area (Å²) >= 11 is 0. The van der Waals surface area contributed by atoms with Gasteiger partial charge in [-0.15, -0.1) is 0 Å². The molecule has 6 heteroatoms. The summed E-state index contributed by atoms with van der Waals surface area (Å²) in [5.74, 6) is 0. The van der Waals surface area contributed by atoms with Gasteiger partial charge in [0.05, 0.1) is 0 Å². The van der Waals surface area contributed by atoms with E-state index in [0.717, 1.165) is 51.6 Å². The number of hydrogen-bond donors (Lipinski definition) is 2. The molecule has 0 radical (unpaired) electrons. The first-order chi connectivity index (χ1) is 8.52. The molecular weight excluding hydrogens is 250 g/mol. The number of rotatable bonds is 3. The number of nitrogens with zero attached hydrogens (tertiary/aromatic N) is 1.